The first kappa shape index (κ1) is 15.3. The molecule has 8 nitrogen and oxygen atoms in total. The van der Waals surface area contributed by atoms with E-state index in [1.807, 2.05) is 0 Å². The minimum Gasteiger partial charge on any atom is -0.378 e. The molecule has 2 N–H and O–H groups in total. The largest absolute Gasteiger partial charge is 0.378 e. The number of benzene rings is 1. The van der Waals surface area contributed by atoms with Crippen LogP contribution in [0.2, 0.25) is 0 Å². The maximum atomic E-state index is 12.0. The number of morpholine rings is 1. The van der Waals surface area contributed by atoms with E-state index >= 15 is 0 Å². The van der Waals surface area contributed by atoms with Gasteiger partial charge in [-0.05, 0) is 12.1 Å². The van der Waals surface area contributed by atoms with Crippen molar-refractivity contribution in [2.45, 2.75) is 6.54 Å². The number of nitrogens with one attached hydrogen (secondary N) is 2. The second-order valence-corrected chi connectivity index (χ2v) is 5.26. The fraction of sp³-hybridized carbons (Fsp3) is 0.400. The number of ether oxygens (including phenoxy) is 1. The lowest BCUT2D eigenvalue weighted by molar-refractivity contribution is 0.0532. The molecular formula is C15H18N4O4. The van der Waals surface area contributed by atoms with Crippen molar-refractivity contribution in [1.82, 2.24) is 19.8 Å². The highest BCUT2D eigenvalue weighted by Crippen LogP contribution is 2.06. The van der Waals surface area contributed by atoms with E-state index in [-0.39, 0.29) is 19.1 Å². The maximum absolute atomic E-state index is 12.0. The van der Waals surface area contributed by atoms with Gasteiger partial charge in [0.15, 0.2) is 0 Å². The van der Waals surface area contributed by atoms with Gasteiger partial charge in [-0.3, -0.25) is 9.59 Å². The molecule has 0 bridgehead atoms. The van der Waals surface area contributed by atoms with Gasteiger partial charge in [0.25, 0.3) is 0 Å². The number of rotatable bonds is 3. The topological polar surface area (TPSA) is 96.4 Å². The Morgan fingerprint density at radius 3 is 2.74 bits per heavy atom. The molecule has 1 aliphatic rings. The third kappa shape index (κ3) is 3.26. The summed E-state index contributed by atoms with van der Waals surface area (Å²) in [5.74, 6) is 0. The molecule has 23 heavy (non-hydrogen) atoms. The van der Waals surface area contributed by atoms with Gasteiger partial charge in [0.05, 0.1) is 24.2 Å². The second kappa shape index (κ2) is 6.66. The third-order valence-corrected chi connectivity index (χ3v) is 3.79. The Morgan fingerprint density at radius 2 is 1.96 bits per heavy atom. The lowest BCUT2D eigenvalue weighted by atomic mass is 10.3. The fourth-order valence-electron chi connectivity index (χ4n) is 2.60. The van der Waals surface area contributed by atoms with Crippen molar-refractivity contribution in [2.75, 3.05) is 32.8 Å². The van der Waals surface area contributed by atoms with Crippen molar-refractivity contribution >= 4 is 17.1 Å². The van der Waals surface area contributed by atoms with Crippen LogP contribution in [-0.4, -0.2) is 53.3 Å². The van der Waals surface area contributed by atoms with Crippen LogP contribution in [0.5, 0.6) is 0 Å². The summed E-state index contributed by atoms with van der Waals surface area (Å²) in [6, 6.07) is 6.89. The number of carbonyl (C=O) groups excluding carboxylic acids is 1. The van der Waals surface area contributed by atoms with Gasteiger partial charge in [-0.2, -0.15) is 0 Å². The molecule has 0 unspecified atom stereocenters. The van der Waals surface area contributed by atoms with Crippen molar-refractivity contribution in [3.8, 4) is 0 Å². The van der Waals surface area contributed by atoms with Crippen molar-refractivity contribution < 1.29 is 9.53 Å². The van der Waals surface area contributed by atoms with Gasteiger partial charge in [-0.1, -0.05) is 12.1 Å². The second-order valence-electron chi connectivity index (χ2n) is 5.26. The lowest BCUT2D eigenvalue weighted by Crippen LogP contribution is -2.47. The number of amides is 2. The predicted molar refractivity (Wildman–Crippen MR) is 84.6 cm³/mol. The van der Waals surface area contributed by atoms with Crippen LogP contribution in [0.3, 0.4) is 0 Å². The number of nitrogens with zero attached hydrogens (tertiary/aromatic N) is 2. The van der Waals surface area contributed by atoms with E-state index in [0.29, 0.717) is 37.3 Å². The molecule has 1 fully saturated rings. The van der Waals surface area contributed by atoms with E-state index in [1.54, 1.807) is 29.2 Å². The van der Waals surface area contributed by atoms with E-state index in [9.17, 15) is 14.4 Å². The van der Waals surface area contributed by atoms with E-state index in [2.05, 4.69) is 10.3 Å². The summed E-state index contributed by atoms with van der Waals surface area (Å²) < 4.78 is 6.58. The zero-order valence-corrected chi connectivity index (χ0v) is 12.6. The van der Waals surface area contributed by atoms with Gasteiger partial charge < -0.3 is 24.5 Å². The summed E-state index contributed by atoms with van der Waals surface area (Å²) in [4.78, 5) is 40.0. The first-order valence-electron chi connectivity index (χ1n) is 7.49. The minimum atomic E-state index is -0.664. The fourth-order valence-corrected chi connectivity index (χ4v) is 2.60. The van der Waals surface area contributed by atoms with Crippen LogP contribution in [0.1, 0.15) is 0 Å². The number of aromatic nitrogens is 2. The monoisotopic (exact) mass is 318 g/mol. The summed E-state index contributed by atoms with van der Waals surface area (Å²) in [7, 11) is 0. The van der Waals surface area contributed by atoms with Crippen LogP contribution >= 0.6 is 0 Å². The molecule has 0 atom stereocenters. The molecule has 8 heteroatoms. The van der Waals surface area contributed by atoms with E-state index < -0.39 is 11.1 Å². The number of fused-ring (bicyclic) bond motifs is 1. The SMILES string of the molecule is O=C(NCCn1c(=O)c(=O)[nH]c2ccccc21)N1CCOCC1. The molecule has 0 spiro atoms. The van der Waals surface area contributed by atoms with Crippen molar-refractivity contribution in [2.24, 2.45) is 0 Å². The van der Waals surface area contributed by atoms with Gasteiger partial charge in [0, 0.05) is 26.2 Å². The van der Waals surface area contributed by atoms with Gasteiger partial charge in [0.2, 0.25) is 0 Å². The zero-order valence-electron chi connectivity index (χ0n) is 12.6. The smallest absolute Gasteiger partial charge is 0.317 e. The number of hydrogen-bond acceptors (Lipinski definition) is 4. The standard InChI is InChI=1S/C15H18N4O4/c20-13-14(21)19(12-4-2-1-3-11(12)17-13)6-5-16-15(22)18-7-9-23-10-8-18/h1-4H,5-10H2,(H,16,22)(H,17,20). The molecule has 1 saturated heterocycles. The van der Waals surface area contributed by atoms with E-state index in [0.717, 1.165) is 0 Å². The minimum absolute atomic E-state index is 0.185. The Labute approximate surface area is 131 Å². The molecule has 2 heterocycles. The Kier molecular flexibility index (Phi) is 4.42. The molecular weight excluding hydrogens is 300 g/mol. The third-order valence-electron chi connectivity index (χ3n) is 3.79. The average molecular weight is 318 g/mol. The molecule has 2 amide bonds. The first-order valence-corrected chi connectivity index (χ1v) is 7.49. The van der Waals surface area contributed by atoms with Gasteiger partial charge in [-0.25, -0.2) is 4.79 Å². The Hall–Kier alpha value is -2.61. The van der Waals surface area contributed by atoms with Crippen LogP contribution in [0, 0.1) is 0 Å². The van der Waals surface area contributed by atoms with Gasteiger partial charge in [-0.15, -0.1) is 0 Å². The summed E-state index contributed by atoms with van der Waals surface area (Å²) >= 11 is 0. The quantitative estimate of drug-likeness (QED) is 0.762. The normalized spacial score (nSPS) is 14.9. The van der Waals surface area contributed by atoms with Crippen molar-refractivity contribution in [1.29, 1.82) is 0 Å². The molecule has 1 aromatic heterocycles. The summed E-state index contributed by atoms with van der Waals surface area (Å²) in [6.07, 6.45) is 0. The highest BCUT2D eigenvalue weighted by molar-refractivity contribution is 5.75. The molecule has 3 rings (SSSR count). The van der Waals surface area contributed by atoms with Crippen LogP contribution in [0.25, 0.3) is 11.0 Å². The maximum Gasteiger partial charge on any atom is 0.317 e. The molecule has 0 saturated carbocycles. The highest BCUT2D eigenvalue weighted by Gasteiger charge is 2.16. The number of carbonyl (C=O) groups is 1. The highest BCUT2D eigenvalue weighted by atomic mass is 16.5. The lowest BCUT2D eigenvalue weighted by Gasteiger charge is -2.27. The number of hydrogen-bond donors (Lipinski definition) is 2. The van der Waals surface area contributed by atoms with Crippen LogP contribution < -0.4 is 16.4 Å². The zero-order chi connectivity index (χ0) is 16.2. The molecule has 2 aromatic rings. The van der Waals surface area contributed by atoms with E-state index in [1.165, 1.54) is 4.57 Å². The van der Waals surface area contributed by atoms with E-state index in [4.69, 9.17) is 4.74 Å². The Morgan fingerprint density at radius 1 is 1.22 bits per heavy atom. The molecule has 0 aliphatic carbocycles. The van der Waals surface area contributed by atoms with Gasteiger partial charge in [0.1, 0.15) is 0 Å². The Balaban J connectivity index is 1.72. The average Bonchev–Trinajstić information content (AvgIpc) is 2.59. The summed E-state index contributed by atoms with van der Waals surface area (Å²) in [6.45, 7) is 2.68. The number of H-pyrrole nitrogens is 1. The van der Waals surface area contributed by atoms with Crippen molar-refractivity contribution in [3.63, 3.8) is 0 Å². The van der Waals surface area contributed by atoms with Crippen LogP contribution in [0.4, 0.5) is 4.79 Å². The molecule has 122 valence electrons. The molecule has 1 aliphatic heterocycles. The molecule has 1 aromatic carbocycles. The summed E-state index contributed by atoms with van der Waals surface area (Å²) in [5.41, 5.74) is -0.0538. The Bertz CT molecular complexity index is 820. The number of urea groups is 1. The summed E-state index contributed by atoms with van der Waals surface area (Å²) in [5, 5.41) is 2.77. The molecule has 0 radical (unpaired) electrons. The van der Waals surface area contributed by atoms with Crippen molar-refractivity contribution in [3.05, 3.63) is 45.0 Å². The number of aromatic amines is 1. The van der Waals surface area contributed by atoms with Crippen LogP contribution in [-0.2, 0) is 11.3 Å². The number of para-hydroxylation sites is 2. The van der Waals surface area contributed by atoms with Crippen LogP contribution in [0.15, 0.2) is 33.9 Å². The predicted octanol–water partition coefficient (Wildman–Crippen LogP) is -0.268. The first-order chi connectivity index (χ1) is 11.2. The van der Waals surface area contributed by atoms with Gasteiger partial charge >= 0.3 is 17.1 Å².